The number of pyridine rings is 1. The first-order chi connectivity index (χ1) is 13.3. The molecule has 7 heteroatoms. The lowest BCUT2D eigenvalue weighted by atomic mass is 9.99. The van der Waals surface area contributed by atoms with Gasteiger partial charge in [-0.2, -0.15) is 5.10 Å². The van der Waals surface area contributed by atoms with E-state index in [1.54, 1.807) is 12.4 Å². The second-order valence-corrected chi connectivity index (χ2v) is 7.12. The molecule has 1 fully saturated rings. The lowest BCUT2D eigenvalue weighted by Crippen LogP contribution is -2.52. The van der Waals surface area contributed by atoms with E-state index in [2.05, 4.69) is 25.4 Å². The predicted molar refractivity (Wildman–Crippen MR) is 106 cm³/mol. The molecule has 0 amide bonds. The zero-order valence-corrected chi connectivity index (χ0v) is 15.7. The number of nitrogens with zero attached hydrogens (tertiary/aromatic N) is 3. The molecule has 27 heavy (non-hydrogen) atoms. The Kier molecular flexibility index (Phi) is 5.50. The summed E-state index contributed by atoms with van der Waals surface area (Å²) in [6, 6.07) is 11.8. The third-order valence-corrected chi connectivity index (χ3v) is 5.22. The van der Waals surface area contributed by atoms with Crippen molar-refractivity contribution in [1.29, 1.82) is 0 Å². The van der Waals surface area contributed by atoms with E-state index in [-0.39, 0.29) is 12.6 Å². The van der Waals surface area contributed by atoms with Crippen LogP contribution in [0.5, 0.6) is 0 Å². The largest absolute Gasteiger partial charge is 0.395 e. The summed E-state index contributed by atoms with van der Waals surface area (Å²) in [4.78, 5) is 6.43. The Labute approximate surface area is 163 Å². The van der Waals surface area contributed by atoms with E-state index < -0.39 is 0 Å². The van der Waals surface area contributed by atoms with Gasteiger partial charge in [0, 0.05) is 60.8 Å². The van der Waals surface area contributed by atoms with Gasteiger partial charge in [0.25, 0.3) is 0 Å². The fourth-order valence-corrected chi connectivity index (χ4v) is 3.66. The number of piperazine rings is 1. The lowest BCUT2D eigenvalue weighted by Gasteiger charge is -2.34. The van der Waals surface area contributed by atoms with Gasteiger partial charge in [-0.05, 0) is 29.8 Å². The molecule has 1 aliphatic heterocycles. The van der Waals surface area contributed by atoms with Crippen LogP contribution in [0.15, 0.2) is 48.8 Å². The summed E-state index contributed by atoms with van der Waals surface area (Å²) < 4.78 is 0. The second-order valence-electron chi connectivity index (χ2n) is 6.68. The van der Waals surface area contributed by atoms with Crippen molar-refractivity contribution < 1.29 is 5.11 Å². The van der Waals surface area contributed by atoms with Crippen LogP contribution >= 0.6 is 11.6 Å². The van der Waals surface area contributed by atoms with Crippen LogP contribution in [0, 0.1) is 0 Å². The Hall–Kier alpha value is -2.25. The van der Waals surface area contributed by atoms with Gasteiger partial charge in [0.2, 0.25) is 0 Å². The molecule has 0 bridgehead atoms. The molecule has 1 unspecified atom stereocenters. The average molecular weight is 384 g/mol. The van der Waals surface area contributed by atoms with E-state index in [0.29, 0.717) is 11.6 Å². The Bertz CT molecular complexity index is 881. The maximum absolute atomic E-state index is 9.71. The van der Waals surface area contributed by atoms with E-state index in [1.165, 1.54) is 0 Å². The molecule has 1 aliphatic rings. The standard InChI is InChI=1S/C20H22ClN5O/c21-16-3-1-15(2-4-16)20-19(14-5-7-22-8-6-14)18(24-25-20)12-26-10-9-23-11-17(26)13-27/h1-8,17,23,27H,9-13H2,(H,24,25). The van der Waals surface area contributed by atoms with Crippen LogP contribution in [0.4, 0.5) is 0 Å². The zero-order valence-electron chi connectivity index (χ0n) is 14.9. The van der Waals surface area contributed by atoms with Crippen molar-refractivity contribution in [3.05, 3.63) is 59.5 Å². The van der Waals surface area contributed by atoms with Gasteiger partial charge in [0.05, 0.1) is 12.3 Å². The molecular weight excluding hydrogens is 362 g/mol. The highest BCUT2D eigenvalue weighted by Crippen LogP contribution is 2.34. The number of aliphatic hydroxyl groups is 1. The summed E-state index contributed by atoms with van der Waals surface area (Å²) in [6.45, 7) is 3.43. The van der Waals surface area contributed by atoms with Crippen molar-refractivity contribution in [2.45, 2.75) is 12.6 Å². The normalized spacial score (nSPS) is 17.9. The van der Waals surface area contributed by atoms with Crippen LogP contribution in [0.2, 0.25) is 5.02 Å². The Balaban J connectivity index is 1.74. The van der Waals surface area contributed by atoms with Crippen molar-refractivity contribution in [1.82, 2.24) is 25.4 Å². The SMILES string of the molecule is OCC1CNCCN1Cc1[nH]nc(-c2ccc(Cl)cc2)c1-c1ccncc1. The third-order valence-electron chi connectivity index (χ3n) is 4.97. The molecule has 3 heterocycles. The predicted octanol–water partition coefficient (Wildman–Crippen LogP) is 2.56. The number of aromatic nitrogens is 3. The van der Waals surface area contributed by atoms with Crippen LogP contribution < -0.4 is 5.32 Å². The minimum absolute atomic E-state index is 0.103. The van der Waals surface area contributed by atoms with E-state index in [1.807, 2.05) is 36.4 Å². The molecule has 2 aromatic heterocycles. The van der Waals surface area contributed by atoms with Gasteiger partial charge in [-0.1, -0.05) is 23.7 Å². The van der Waals surface area contributed by atoms with E-state index in [9.17, 15) is 5.11 Å². The van der Waals surface area contributed by atoms with Gasteiger partial charge in [0.15, 0.2) is 0 Å². The molecule has 0 spiro atoms. The first kappa shape index (κ1) is 18.1. The van der Waals surface area contributed by atoms with E-state index in [0.717, 1.165) is 47.7 Å². The summed E-state index contributed by atoms with van der Waals surface area (Å²) in [7, 11) is 0. The van der Waals surface area contributed by atoms with Crippen LogP contribution in [-0.2, 0) is 6.54 Å². The topological polar surface area (TPSA) is 77.1 Å². The highest BCUT2D eigenvalue weighted by Gasteiger charge is 2.25. The van der Waals surface area contributed by atoms with Gasteiger partial charge in [0.1, 0.15) is 5.69 Å². The second kappa shape index (κ2) is 8.19. The summed E-state index contributed by atoms with van der Waals surface area (Å²) >= 11 is 6.05. The summed E-state index contributed by atoms with van der Waals surface area (Å²) in [6.07, 6.45) is 3.58. The fourth-order valence-electron chi connectivity index (χ4n) is 3.53. The molecule has 3 N–H and O–H groups in total. The smallest absolute Gasteiger partial charge is 0.100 e. The number of hydrogen-bond acceptors (Lipinski definition) is 5. The first-order valence-corrected chi connectivity index (χ1v) is 9.43. The summed E-state index contributed by atoms with van der Waals surface area (Å²) in [5.74, 6) is 0. The quantitative estimate of drug-likeness (QED) is 0.631. The molecule has 0 radical (unpaired) electrons. The molecule has 0 saturated carbocycles. The maximum Gasteiger partial charge on any atom is 0.100 e. The van der Waals surface area contributed by atoms with Crippen LogP contribution in [0.25, 0.3) is 22.4 Å². The van der Waals surface area contributed by atoms with Gasteiger partial charge >= 0.3 is 0 Å². The van der Waals surface area contributed by atoms with Gasteiger partial charge in [-0.3, -0.25) is 15.0 Å². The number of aromatic amines is 1. The first-order valence-electron chi connectivity index (χ1n) is 9.05. The summed E-state index contributed by atoms with van der Waals surface area (Å²) in [5, 5.41) is 21.6. The molecule has 3 aromatic rings. The molecule has 6 nitrogen and oxygen atoms in total. The van der Waals surface area contributed by atoms with Crippen LogP contribution in [0.1, 0.15) is 5.69 Å². The molecule has 140 valence electrons. The third kappa shape index (κ3) is 3.89. The van der Waals surface area contributed by atoms with Crippen molar-refractivity contribution in [2.75, 3.05) is 26.2 Å². The molecule has 4 rings (SSSR count). The van der Waals surface area contributed by atoms with Crippen molar-refractivity contribution in [2.24, 2.45) is 0 Å². The Morgan fingerprint density at radius 1 is 1.11 bits per heavy atom. The van der Waals surface area contributed by atoms with E-state index >= 15 is 0 Å². The number of benzene rings is 1. The van der Waals surface area contributed by atoms with Crippen LogP contribution in [0.3, 0.4) is 0 Å². The summed E-state index contributed by atoms with van der Waals surface area (Å²) in [5.41, 5.74) is 5.06. The number of halogens is 1. The molecular formula is C20H22ClN5O. The van der Waals surface area contributed by atoms with Gasteiger partial charge in [-0.25, -0.2) is 0 Å². The number of hydrogen-bond donors (Lipinski definition) is 3. The minimum Gasteiger partial charge on any atom is -0.395 e. The number of rotatable bonds is 5. The monoisotopic (exact) mass is 383 g/mol. The van der Waals surface area contributed by atoms with Crippen molar-refractivity contribution >= 4 is 11.6 Å². The van der Waals surface area contributed by atoms with Gasteiger partial charge < -0.3 is 10.4 Å². The number of nitrogens with one attached hydrogen (secondary N) is 2. The highest BCUT2D eigenvalue weighted by atomic mass is 35.5. The van der Waals surface area contributed by atoms with Gasteiger partial charge in [-0.15, -0.1) is 0 Å². The Morgan fingerprint density at radius 2 is 1.89 bits per heavy atom. The number of H-pyrrole nitrogens is 1. The zero-order chi connectivity index (χ0) is 18.6. The fraction of sp³-hybridized carbons (Fsp3) is 0.300. The average Bonchev–Trinajstić information content (AvgIpc) is 3.13. The van der Waals surface area contributed by atoms with E-state index in [4.69, 9.17) is 11.6 Å². The van der Waals surface area contributed by atoms with Crippen molar-refractivity contribution in [3.63, 3.8) is 0 Å². The number of aliphatic hydroxyl groups excluding tert-OH is 1. The molecule has 1 aromatic carbocycles. The molecule has 1 saturated heterocycles. The maximum atomic E-state index is 9.71. The lowest BCUT2D eigenvalue weighted by molar-refractivity contribution is 0.0936. The minimum atomic E-state index is 0.103. The Morgan fingerprint density at radius 3 is 2.63 bits per heavy atom. The molecule has 1 atom stereocenters. The molecule has 0 aliphatic carbocycles. The van der Waals surface area contributed by atoms with Crippen molar-refractivity contribution in [3.8, 4) is 22.4 Å². The van der Waals surface area contributed by atoms with Crippen LogP contribution in [-0.4, -0.2) is 57.5 Å². The highest BCUT2D eigenvalue weighted by molar-refractivity contribution is 6.30.